The molecule has 0 bridgehead atoms. The van der Waals surface area contributed by atoms with Crippen molar-refractivity contribution in [3.8, 4) is 0 Å². The topological polar surface area (TPSA) is 34.1 Å². The SMILES string of the molecule is CC(=O)c1ccc2c3ccc(C)c4c(C=O)ccc(c5ccc(CCCc6ccccc6)c1c52)c43. The minimum atomic E-state index is 0.0918. The first kappa shape index (κ1) is 21.5. The van der Waals surface area contributed by atoms with Crippen molar-refractivity contribution in [2.45, 2.75) is 33.1 Å². The van der Waals surface area contributed by atoms with E-state index in [9.17, 15) is 9.59 Å². The fourth-order valence-electron chi connectivity index (χ4n) is 5.89. The number of aldehydes is 1. The third kappa shape index (κ3) is 3.32. The number of hydrogen-bond acceptors (Lipinski definition) is 2. The second kappa shape index (κ2) is 8.32. The van der Waals surface area contributed by atoms with Gasteiger partial charge in [-0.3, -0.25) is 9.59 Å². The van der Waals surface area contributed by atoms with Crippen LogP contribution in [0, 0.1) is 6.92 Å². The Bertz CT molecular complexity index is 1740. The van der Waals surface area contributed by atoms with Crippen molar-refractivity contribution < 1.29 is 9.59 Å². The highest BCUT2D eigenvalue weighted by Crippen LogP contribution is 2.43. The fraction of sp³-hybridized carbons (Fsp3) is 0.152. The second-order valence-electron chi connectivity index (χ2n) is 9.58. The summed E-state index contributed by atoms with van der Waals surface area (Å²) in [6.07, 6.45) is 3.90. The van der Waals surface area contributed by atoms with Crippen LogP contribution in [0.4, 0.5) is 0 Å². The Morgan fingerprint density at radius 3 is 2.00 bits per heavy atom. The van der Waals surface area contributed by atoms with Gasteiger partial charge in [0.05, 0.1) is 0 Å². The van der Waals surface area contributed by atoms with E-state index in [-0.39, 0.29) is 5.78 Å². The van der Waals surface area contributed by atoms with Crippen molar-refractivity contribution in [1.82, 2.24) is 0 Å². The van der Waals surface area contributed by atoms with Gasteiger partial charge in [-0.2, -0.15) is 0 Å². The summed E-state index contributed by atoms with van der Waals surface area (Å²) in [4.78, 5) is 24.6. The standard InChI is InChI=1S/C33H26O2/c1-20-11-14-26-29-18-17-25(21(2)35)31-23(10-6-9-22-7-4-3-5-8-22)12-15-28(33(29)31)27-16-13-24(19-34)30(20)32(26)27/h3-5,7-8,11-19H,6,9-10H2,1-2H3. The molecular weight excluding hydrogens is 428 g/mol. The first-order valence-corrected chi connectivity index (χ1v) is 12.2. The van der Waals surface area contributed by atoms with E-state index < -0.39 is 0 Å². The van der Waals surface area contributed by atoms with E-state index >= 15 is 0 Å². The Labute approximate surface area is 204 Å². The second-order valence-corrected chi connectivity index (χ2v) is 9.58. The van der Waals surface area contributed by atoms with Gasteiger partial charge in [0.25, 0.3) is 0 Å². The van der Waals surface area contributed by atoms with Gasteiger partial charge in [0.1, 0.15) is 0 Å². The number of ketones is 1. The molecular formula is C33H26O2. The Hall–Kier alpha value is -4.04. The molecule has 0 atom stereocenters. The molecule has 0 radical (unpaired) electrons. The fourth-order valence-corrected chi connectivity index (χ4v) is 5.89. The smallest absolute Gasteiger partial charge is 0.160 e. The Kier molecular flexibility index (Phi) is 5.11. The third-order valence-corrected chi connectivity index (χ3v) is 7.49. The Morgan fingerprint density at radius 1 is 0.686 bits per heavy atom. The first-order valence-electron chi connectivity index (χ1n) is 12.2. The van der Waals surface area contributed by atoms with E-state index in [1.54, 1.807) is 6.92 Å². The Balaban J connectivity index is 1.64. The quantitative estimate of drug-likeness (QED) is 0.110. The number of rotatable bonds is 6. The monoisotopic (exact) mass is 454 g/mol. The summed E-state index contributed by atoms with van der Waals surface area (Å²) in [6, 6.07) is 27.3. The van der Waals surface area contributed by atoms with Crippen LogP contribution in [0.15, 0.2) is 78.9 Å². The van der Waals surface area contributed by atoms with Crippen molar-refractivity contribution in [2.24, 2.45) is 0 Å². The number of fused-ring (bicyclic) bond motifs is 2. The molecule has 2 nitrogen and oxygen atoms in total. The van der Waals surface area contributed by atoms with E-state index in [0.29, 0.717) is 0 Å². The summed E-state index contributed by atoms with van der Waals surface area (Å²) < 4.78 is 0. The van der Waals surface area contributed by atoms with Gasteiger partial charge >= 0.3 is 0 Å². The number of aryl methyl sites for hydroxylation is 3. The van der Waals surface area contributed by atoms with Crippen LogP contribution in [0.1, 0.15) is 50.8 Å². The molecule has 170 valence electrons. The minimum Gasteiger partial charge on any atom is -0.298 e. The molecule has 0 aliphatic rings. The number of carbonyl (C=O) groups excluding carboxylic acids is 2. The normalized spacial score (nSPS) is 11.7. The van der Waals surface area contributed by atoms with E-state index in [2.05, 4.69) is 67.6 Å². The van der Waals surface area contributed by atoms with Gasteiger partial charge < -0.3 is 0 Å². The number of carbonyl (C=O) groups is 2. The minimum absolute atomic E-state index is 0.0918. The lowest BCUT2D eigenvalue weighted by Crippen LogP contribution is -2.01. The zero-order chi connectivity index (χ0) is 24.1. The summed E-state index contributed by atoms with van der Waals surface area (Å²) in [7, 11) is 0. The van der Waals surface area contributed by atoms with Gasteiger partial charge in [-0.05, 0) is 92.9 Å². The highest BCUT2D eigenvalue weighted by molar-refractivity contribution is 6.35. The molecule has 35 heavy (non-hydrogen) atoms. The molecule has 0 aliphatic heterocycles. The molecule has 6 aromatic carbocycles. The summed E-state index contributed by atoms with van der Waals surface area (Å²) in [5, 5.41) is 8.96. The van der Waals surface area contributed by atoms with Crippen LogP contribution in [0.5, 0.6) is 0 Å². The molecule has 6 aromatic rings. The van der Waals surface area contributed by atoms with Gasteiger partial charge in [0, 0.05) is 11.1 Å². The lowest BCUT2D eigenvalue weighted by molar-refractivity contribution is 0.101. The molecule has 0 spiro atoms. The maximum atomic E-state index is 12.8. The van der Waals surface area contributed by atoms with Crippen LogP contribution in [0.2, 0.25) is 0 Å². The lowest BCUT2D eigenvalue weighted by Gasteiger charge is -2.19. The molecule has 2 heteroatoms. The maximum absolute atomic E-state index is 12.8. The Morgan fingerprint density at radius 2 is 1.31 bits per heavy atom. The number of Topliss-reactive ketones (excluding diaryl/α,β-unsaturated/α-hetero) is 1. The van der Waals surface area contributed by atoms with Crippen LogP contribution < -0.4 is 0 Å². The van der Waals surface area contributed by atoms with Crippen molar-refractivity contribution in [2.75, 3.05) is 0 Å². The molecule has 0 saturated heterocycles. The van der Waals surface area contributed by atoms with Crippen LogP contribution >= 0.6 is 0 Å². The molecule has 0 aromatic heterocycles. The number of benzene rings is 6. The molecule has 0 N–H and O–H groups in total. The molecule has 0 amide bonds. The lowest BCUT2D eigenvalue weighted by atomic mass is 9.83. The van der Waals surface area contributed by atoms with Crippen LogP contribution in [-0.4, -0.2) is 12.1 Å². The summed E-state index contributed by atoms with van der Waals surface area (Å²) in [5.41, 5.74) is 5.18. The van der Waals surface area contributed by atoms with Crippen LogP contribution in [0.3, 0.4) is 0 Å². The molecule has 0 saturated carbocycles. The predicted molar refractivity (Wildman–Crippen MR) is 146 cm³/mol. The van der Waals surface area contributed by atoms with E-state index in [1.165, 1.54) is 11.1 Å². The highest BCUT2D eigenvalue weighted by Gasteiger charge is 2.20. The van der Waals surface area contributed by atoms with Crippen molar-refractivity contribution in [3.05, 3.63) is 107 Å². The molecule has 0 fully saturated rings. The van der Waals surface area contributed by atoms with Crippen LogP contribution in [0.25, 0.3) is 43.1 Å². The van der Waals surface area contributed by atoms with Gasteiger partial charge in [0.15, 0.2) is 12.1 Å². The summed E-state index contributed by atoms with van der Waals surface area (Å²) >= 11 is 0. The average Bonchev–Trinajstić information content (AvgIpc) is 2.88. The molecule has 6 rings (SSSR count). The van der Waals surface area contributed by atoms with Crippen LogP contribution in [-0.2, 0) is 12.8 Å². The van der Waals surface area contributed by atoms with Gasteiger partial charge in [-0.25, -0.2) is 0 Å². The maximum Gasteiger partial charge on any atom is 0.160 e. The highest BCUT2D eigenvalue weighted by atomic mass is 16.1. The zero-order valence-electron chi connectivity index (χ0n) is 20.0. The molecule has 0 aliphatic carbocycles. The van der Waals surface area contributed by atoms with E-state index in [1.807, 2.05) is 18.2 Å². The average molecular weight is 455 g/mol. The van der Waals surface area contributed by atoms with E-state index in [4.69, 9.17) is 0 Å². The molecule has 0 unspecified atom stereocenters. The summed E-state index contributed by atoms with van der Waals surface area (Å²) in [5.74, 6) is 0.0918. The predicted octanol–water partition coefficient (Wildman–Crippen LogP) is 8.24. The third-order valence-electron chi connectivity index (χ3n) is 7.49. The van der Waals surface area contributed by atoms with E-state index in [0.717, 1.165) is 85.3 Å². The summed E-state index contributed by atoms with van der Waals surface area (Å²) in [6.45, 7) is 3.73. The largest absolute Gasteiger partial charge is 0.298 e. The van der Waals surface area contributed by atoms with Crippen molar-refractivity contribution >= 4 is 55.2 Å². The zero-order valence-corrected chi connectivity index (χ0v) is 20.0. The first-order chi connectivity index (χ1) is 17.1. The van der Waals surface area contributed by atoms with Gasteiger partial charge in [0.2, 0.25) is 0 Å². The van der Waals surface area contributed by atoms with Crippen molar-refractivity contribution in [3.63, 3.8) is 0 Å². The van der Waals surface area contributed by atoms with Gasteiger partial charge in [-0.1, -0.05) is 78.9 Å². The van der Waals surface area contributed by atoms with Gasteiger partial charge in [-0.15, -0.1) is 0 Å². The molecule has 0 heterocycles. The number of hydrogen-bond donors (Lipinski definition) is 0. The van der Waals surface area contributed by atoms with Crippen molar-refractivity contribution in [1.29, 1.82) is 0 Å².